The molecule has 1 rings (SSSR count). The van der Waals surface area contributed by atoms with Gasteiger partial charge in [0.2, 0.25) is 5.91 Å². The number of unbranched alkanes of at least 4 members (excludes halogenated alkanes) is 7. The Hall–Kier alpha value is -1.06. The molecule has 0 aromatic heterocycles. The Kier molecular flexibility index (Phi) is 11.6. The lowest BCUT2D eigenvalue weighted by Gasteiger charge is -2.27. The van der Waals surface area contributed by atoms with Crippen LogP contribution in [0.15, 0.2) is 0 Å². The predicted molar refractivity (Wildman–Crippen MR) is 102 cm³/mol. The second-order valence-corrected chi connectivity index (χ2v) is 7.40. The molecule has 0 bridgehead atoms. The second kappa shape index (κ2) is 13.2. The standard InChI is InChI=1S/C21H39NO3/c1-4-7-10-11-12-13-16-25-21(24)18-17-20(23)22(15-9-6-3)19(18)14-8-5-2/h18-19H,4-17H2,1-3H3. The van der Waals surface area contributed by atoms with Crippen LogP contribution >= 0.6 is 0 Å². The molecule has 146 valence electrons. The van der Waals surface area contributed by atoms with E-state index in [4.69, 9.17) is 4.74 Å². The van der Waals surface area contributed by atoms with Crippen LogP contribution in [0.2, 0.25) is 0 Å². The molecule has 25 heavy (non-hydrogen) atoms. The van der Waals surface area contributed by atoms with E-state index in [1.54, 1.807) is 0 Å². The van der Waals surface area contributed by atoms with E-state index in [1.807, 2.05) is 4.90 Å². The van der Waals surface area contributed by atoms with Crippen molar-refractivity contribution in [3.05, 3.63) is 0 Å². The minimum atomic E-state index is -0.254. The van der Waals surface area contributed by atoms with Gasteiger partial charge in [0.05, 0.1) is 12.5 Å². The van der Waals surface area contributed by atoms with Crippen LogP contribution in [0.4, 0.5) is 0 Å². The minimum Gasteiger partial charge on any atom is -0.465 e. The number of likely N-dealkylation sites (tertiary alicyclic amines) is 1. The van der Waals surface area contributed by atoms with E-state index >= 15 is 0 Å². The number of ether oxygens (including phenoxy) is 1. The van der Waals surface area contributed by atoms with Gasteiger partial charge in [-0.1, -0.05) is 72.1 Å². The minimum absolute atomic E-state index is 0.0519. The summed E-state index contributed by atoms with van der Waals surface area (Å²) >= 11 is 0. The maximum atomic E-state index is 12.5. The molecule has 0 aliphatic carbocycles. The number of hydrogen-bond donors (Lipinski definition) is 0. The van der Waals surface area contributed by atoms with Crippen molar-refractivity contribution < 1.29 is 14.3 Å². The zero-order valence-corrected chi connectivity index (χ0v) is 16.7. The monoisotopic (exact) mass is 353 g/mol. The zero-order valence-electron chi connectivity index (χ0n) is 16.7. The molecule has 1 fully saturated rings. The molecule has 2 unspecified atom stereocenters. The highest BCUT2D eigenvalue weighted by molar-refractivity contribution is 5.87. The Morgan fingerprint density at radius 2 is 1.60 bits per heavy atom. The third-order valence-electron chi connectivity index (χ3n) is 5.23. The Morgan fingerprint density at radius 3 is 2.28 bits per heavy atom. The average Bonchev–Trinajstić information content (AvgIpc) is 2.92. The summed E-state index contributed by atoms with van der Waals surface area (Å²) in [5.74, 6) is -0.269. The zero-order chi connectivity index (χ0) is 18.5. The first-order valence-corrected chi connectivity index (χ1v) is 10.6. The van der Waals surface area contributed by atoms with Gasteiger partial charge < -0.3 is 9.64 Å². The smallest absolute Gasteiger partial charge is 0.311 e. The highest BCUT2D eigenvalue weighted by Gasteiger charge is 2.43. The molecule has 0 saturated carbocycles. The van der Waals surface area contributed by atoms with Gasteiger partial charge in [-0.05, 0) is 19.3 Å². The fourth-order valence-corrected chi connectivity index (χ4v) is 3.64. The first-order chi connectivity index (χ1) is 12.2. The lowest BCUT2D eigenvalue weighted by molar-refractivity contribution is -0.149. The van der Waals surface area contributed by atoms with E-state index < -0.39 is 0 Å². The third kappa shape index (κ3) is 7.79. The van der Waals surface area contributed by atoms with Gasteiger partial charge in [0, 0.05) is 19.0 Å². The number of amides is 1. The molecule has 4 nitrogen and oxygen atoms in total. The largest absolute Gasteiger partial charge is 0.465 e. The van der Waals surface area contributed by atoms with E-state index in [2.05, 4.69) is 20.8 Å². The molecule has 2 atom stereocenters. The average molecular weight is 354 g/mol. The Balaban J connectivity index is 2.43. The summed E-state index contributed by atoms with van der Waals surface area (Å²) in [6.07, 6.45) is 12.6. The van der Waals surface area contributed by atoms with Crippen LogP contribution in [0, 0.1) is 5.92 Å². The molecule has 1 amide bonds. The summed E-state index contributed by atoms with van der Waals surface area (Å²) in [5, 5.41) is 0. The lowest BCUT2D eigenvalue weighted by Crippen LogP contribution is -2.38. The number of nitrogens with zero attached hydrogens (tertiary/aromatic N) is 1. The fourth-order valence-electron chi connectivity index (χ4n) is 3.64. The highest BCUT2D eigenvalue weighted by Crippen LogP contribution is 2.30. The number of carbonyl (C=O) groups excluding carboxylic acids is 2. The SMILES string of the molecule is CCCCCCCCOC(=O)C1CC(=O)N(CCCC)C1CCCC. The summed E-state index contributed by atoms with van der Waals surface area (Å²) < 4.78 is 5.53. The molecule has 1 aliphatic rings. The van der Waals surface area contributed by atoms with Crippen molar-refractivity contribution in [3.8, 4) is 0 Å². The van der Waals surface area contributed by atoms with Crippen molar-refractivity contribution in [2.24, 2.45) is 5.92 Å². The van der Waals surface area contributed by atoms with Crippen molar-refractivity contribution in [3.63, 3.8) is 0 Å². The summed E-state index contributed by atoms with van der Waals surface area (Å²) in [5.41, 5.74) is 0. The Morgan fingerprint density at radius 1 is 0.960 bits per heavy atom. The van der Waals surface area contributed by atoms with Gasteiger partial charge in [-0.2, -0.15) is 0 Å². The molecule has 1 saturated heterocycles. The van der Waals surface area contributed by atoms with Gasteiger partial charge in [0.15, 0.2) is 0 Å². The first-order valence-electron chi connectivity index (χ1n) is 10.6. The number of esters is 1. The summed E-state index contributed by atoms with van der Waals surface area (Å²) in [6, 6.07) is 0.0519. The molecule has 0 radical (unpaired) electrons. The first kappa shape index (κ1) is 22.0. The lowest BCUT2D eigenvalue weighted by atomic mass is 9.95. The third-order valence-corrected chi connectivity index (χ3v) is 5.23. The molecule has 0 N–H and O–H groups in total. The van der Waals surface area contributed by atoms with Crippen molar-refractivity contribution in [1.29, 1.82) is 0 Å². The van der Waals surface area contributed by atoms with Crippen LogP contribution in [0.3, 0.4) is 0 Å². The van der Waals surface area contributed by atoms with E-state index in [0.29, 0.717) is 13.0 Å². The van der Waals surface area contributed by atoms with Gasteiger partial charge in [-0.25, -0.2) is 0 Å². The number of rotatable bonds is 14. The van der Waals surface area contributed by atoms with Crippen LogP contribution in [0.1, 0.15) is 97.8 Å². The second-order valence-electron chi connectivity index (χ2n) is 7.40. The van der Waals surface area contributed by atoms with Gasteiger partial charge in [-0.3, -0.25) is 9.59 Å². The van der Waals surface area contributed by atoms with Crippen LogP contribution in [-0.2, 0) is 14.3 Å². The van der Waals surface area contributed by atoms with Crippen molar-refractivity contribution in [1.82, 2.24) is 4.90 Å². The molecule has 0 aromatic carbocycles. The summed E-state index contributed by atoms with van der Waals surface area (Å²) in [7, 11) is 0. The molecular formula is C21H39NO3. The van der Waals surface area contributed by atoms with E-state index in [0.717, 1.165) is 51.5 Å². The Bertz CT molecular complexity index is 383. The fraction of sp³-hybridized carbons (Fsp3) is 0.905. The maximum Gasteiger partial charge on any atom is 0.311 e. The van der Waals surface area contributed by atoms with Crippen molar-refractivity contribution in [2.75, 3.05) is 13.2 Å². The van der Waals surface area contributed by atoms with Gasteiger partial charge in [0.1, 0.15) is 0 Å². The molecule has 0 aromatic rings. The van der Waals surface area contributed by atoms with Gasteiger partial charge >= 0.3 is 5.97 Å². The Labute approximate surface area is 154 Å². The molecule has 1 aliphatic heterocycles. The van der Waals surface area contributed by atoms with Gasteiger partial charge in [0.25, 0.3) is 0 Å². The highest BCUT2D eigenvalue weighted by atomic mass is 16.5. The van der Waals surface area contributed by atoms with E-state index in [1.165, 1.54) is 25.7 Å². The molecule has 4 heteroatoms. The molecule has 1 heterocycles. The number of carbonyl (C=O) groups is 2. The van der Waals surface area contributed by atoms with Crippen molar-refractivity contribution >= 4 is 11.9 Å². The topological polar surface area (TPSA) is 46.6 Å². The van der Waals surface area contributed by atoms with E-state index in [-0.39, 0.29) is 23.8 Å². The van der Waals surface area contributed by atoms with Crippen LogP contribution in [-0.4, -0.2) is 36.0 Å². The van der Waals surface area contributed by atoms with E-state index in [9.17, 15) is 9.59 Å². The van der Waals surface area contributed by atoms with Crippen LogP contribution in [0.25, 0.3) is 0 Å². The van der Waals surface area contributed by atoms with Crippen LogP contribution < -0.4 is 0 Å². The predicted octanol–water partition coefficient (Wildman–Crippen LogP) is 5.10. The quantitative estimate of drug-likeness (QED) is 0.322. The molecular weight excluding hydrogens is 314 g/mol. The summed E-state index contributed by atoms with van der Waals surface area (Å²) in [6.45, 7) is 7.78. The normalized spacial score (nSPS) is 20.3. The maximum absolute atomic E-state index is 12.5. The molecule has 0 spiro atoms. The van der Waals surface area contributed by atoms with Crippen LogP contribution in [0.5, 0.6) is 0 Å². The number of hydrogen-bond acceptors (Lipinski definition) is 3. The van der Waals surface area contributed by atoms with Gasteiger partial charge in [-0.15, -0.1) is 0 Å². The summed E-state index contributed by atoms with van der Waals surface area (Å²) in [4.78, 5) is 26.8. The van der Waals surface area contributed by atoms with Crippen molar-refractivity contribution in [2.45, 2.75) is 104 Å².